The van der Waals surface area contributed by atoms with E-state index in [1.165, 1.54) is 116 Å². The molecule has 0 bridgehead atoms. The molecule has 9 nitrogen and oxygen atoms in total. The van der Waals surface area contributed by atoms with Gasteiger partial charge in [0.2, 0.25) is 5.91 Å². The fourth-order valence-electron chi connectivity index (χ4n) is 8.09. The standard InChI is InChI=1S/C59H101NO8/c1-3-5-7-9-11-13-15-17-19-21-23-25-27-29-31-33-35-37-39-41-43-45-47-49-55(63)60-52(51-67-59-58(66)57(65)56(64)54(50-61)68-59)53(62)48-46-44-42-40-38-36-34-32-30-28-26-24-22-20-18-16-14-12-10-8-6-4-2/h5,7,11,13,17,19,23,25,29,31,35,37,41,43,46,48,52-54,56-59,61-62,64-66H,3-4,6,8-10,12,14-16,18,20-22,24,26-28,30,32-34,36,38-40,42,44-45,47,49-51H2,1-2H3,(H,60,63)/b7-5-,13-11-,19-17-,25-23-,31-29-,37-35-,43-41-,48-46+. The second-order valence-electron chi connectivity index (χ2n) is 18.6. The van der Waals surface area contributed by atoms with Crippen LogP contribution in [-0.2, 0) is 14.3 Å². The molecule has 1 aliphatic rings. The SMILES string of the molecule is CC/C=C\C/C=C\C/C=C\C/C=C\C/C=C\C/C=C\C/C=C\CCCC(=O)NC(COC1OC(CO)C(O)C(O)C1O)C(O)/C=C/CCCCCCCCCCCCCCCCCCCCCC. The maximum atomic E-state index is 13.0. The number of rotatable bonds is 45. The highest BCUT2D eigenvalue weighted by Gasteiger charge is 2.44. The van der Waals surface area contributed by atoms with Crippen molar-refractivity contribution in [1.82, 2.24) is 5.32 Å². The van der Waals surface area contributed by atoms with Crippen molar-refractivity contribution in [2.45, 2.75) is 256 Å². The Balaban J connectivity index is 2.33. The molecule has 1 heterocycles. The number of ether oxygens (including phenoxy) is 2. The molecule has 1 fully saturated rings. The first-order chi connectivity index (χ1) is 33.3. The molecular formula is C59H101NO8. The van der Waals surface area contributed by atoms with Crippen LogP contribution in [-0.4, -0.2) is 87.5 Å². The molecule has 1 amide bonds. The molecule has 0 aromatic rings. The van der Waals surface area contributed by atoms with Gasteiger partial charge in [-0.1, -0.05) is 233 Å². The smallest absolute Gasteiger partial charge is 0.220 e. The third kappa shape index (κ3) is 37.0. The van der Waals surface area contributed by atoms with Gasteiger partial charge in [-0.05, 0) is 70.6 Å². The molecule has 1 saturated heterocycles. The van der Waals surface area contributed by atoms with Gasteiger partial charge in [0.25, 0.3) is 0 Å². The van der Waals surface area contributed by atoms with E-state index < -0.39 is 49.5 Å². The number of hydrogen-bond acceptors (Lipinski definition) is 8. The van der Waals surface area contributed by atoms with E-state index in [4.69, 9.17) is 9.47 Å². The van der Waals surface area contributed by atoms with Crippen LogP contribution in [0.25, 0.3) is 0 Å². The predicted octanol–water partition coefficient (Wildman–Crippen LogP) is 13.2. The van der Waals surface area contributed by atoms with Crippen LogP contribution in [0.5, 0.6) is 0 Å². The molecule has 0 spiro atoms. The summed E-state index contributed by atoms with van der Waals surface area (Å²) in [7, 11) is 0. The predicted molar refractivity (Wildman–Crippen MR) is 285 cm³/mol. The fraction of sp³-hybridized carbons (Fsp3) is 0.712. The summed E-state index contributed by atoms with van der Waals surface area (Å²) in [6, 6.07) is -0.843. The quantitative estimate of drug-likeness (QED) is 0.0261. The molecule has 0 aromatic heterocycles. The van der Waals surface area contributed by atoms with Gasteiger partial charge in [-0.2, -0.15) is 0 Å². The van der Waals surface area contributed by atoms with Gasteiger partial charge in [-0.25, -0.2) is 0 Å². The highest BCUT2D eigenvalue weighted by atomic mass is 16.7. The largest absolute Gasteiger partial charge is 0.394 e. The second kappa shape index (κ2) is 47.8. The van der Waals surface area contributed by atoms with Gasteiger partial charge in [0.15, 0.2) is 6.29 Å². The van der Waals surface area contributed by atoms with Crippen molar-refractivity contribution < 1.29 is 39.8 Å². The van der Waals surface area contributed by atoms with E-state index in [2.05, 4.69) is 104 Å². The molecule has 9 heteroatoms. The van der Waals surface area contributed by atoms with Crippen LogP contribution in [0.1, 0.15) is 213 Å². The Kier molecular flexibility index (Phi) is 44.3. The summed E-state index contributed by atoms with van der Waals surface area (Å²) in [4.78, 5) is 13.0. The monoisotopic (exact) mass is 952 g/mol. The zero-order valence-electron chi connectivity index (χ0n) is 43.1. The Bertz CT molecular complexity index is 1380. The third-order valence-electron chi connectivity index (χ3n) is 12.4. The molecule has 0 radical (unpaired) electrons. The minimum Gasteiger partial charge on any atom is -0.394 e. The van der Waals surface area contributed by atoms with Crippen molar-refractivity contribution in [2.75, 3.05) is 13.2 Å². The van der Waals surface area contributed by atoms with Gasteiger partial charge in [0.05, 0.1) is 25.4 Å². The average molecular weight is 952 g/mol. The van der Waals surface area contributed by atoms with E-state index in [-0.39, 0.29) is 18.9 Å². The Morgan fingerprint density at radius 1 is 0.515 bits per heavy atom. The van der Waals surface area contributed by atoms with Crippen LogP contribution in [0.4, 0.5) is 0 Å². The first-order valence-electron chi connectivity index (χ1n) is 27.5. The van der Waals surface area contributed by atoms with Gasteiger partial charge in [0.1, 0.15) is 24.4 Å². The van der Waals surface area contributed by atoms with Gasteiger partial charge < -0.3 is 40.3 Å². The summed E-state index contributed by atoms with van der Waals surface area (Å²) in [6.45, 7) is 3.63. The number of nitrogens with one attached hydrogen (secondary N) is 1. The lowest BCUT2D eigenvalue weighted by molar-refractivity contribution is -0.302. The molecule has 390 valence electrons. The Morgan fingerprint density at radius 2 is 0.912 bits per heavy atom. The van der Waals surface area contributed by atoms with Crippen LogP contribution in [0.3, 0.4) is 0 Å². The lowest BCUT2D eigenvalue weighted by Gasteiger charge is -2.40. The zero-order valence-corrected chi connectivity index (χ0v) is 43.1. The first-order valence-corrected chi connectivity index (χ1v) is 27.5. The Labute approximate surface area is 415 Å². The molecule has 68 heavy (non-hydrogen) atoms. The maximum Gasteiger partial charge on any atom is 0.220 e. The maximum absolute atomic E-state index is 13.0. The van der Waals surface area contributed by atoms with Crippen molar-refractivity contribution >= 4 is 5.91 Å². The molecule has 7 unspecified atom stereocenters. The number of carbonyl (C=O) groups excluding carboxylic acids is 1. The summed E-state index contributed by atoms with van der Waals surface area (Å²) in [5.41, 5.74) is 0. The molecule has 6 N–H and O–H groups in total. The van der Waals surface area contributed by atoms with Crippen LogP contribution in [0, 0.1) is 0 Å². The highest BCUT2D eigenvalue weighted by Crippen LogP contribution is 2.23. The fourth-order valence-corrected chi connectivity index (χ4v) is 8.09. The van der Waals surface area contributed by atoms with Crippen molar-refractivity contribution in [2.24, 2.45) is 0 Å². The van der Waals surface area contributed by atoms with Crippen LogP contribution >= 0.6 is 0 Å². The van der Waals surface area contributed by atoms with Crippen molar-refractivity contribution in [3.05, 3.63) is 97.2 Å². The minimum absolute atomic E-state index is 0.217. The molecule has 0 aromatic carbocycles. The third-order valence-corrected chi connectivity index (χ3v) is 12.4. The molecule has 0 saturated carbocycles. The topological polar surface area (TPSA) is 149 Å². The van der Waals surface area contributed by atoms with Crippen molar-refractivity contribution in [3.8, 4) is 0 Å². The number of unbranched alkanes of at least 4 members (excludes halogenated alkanes) is 21. The summed E-state index contributed by atoms with van der Waals surface area (Å²) in [5, 5.41) is 54.4. The van der Waals surface area contributed by atoms with Crippen LogP contribution in [0.2, 0.25) is 0 Å². The summed E-state index contributed by atoms with van der Waals surface area (Å²) in [6.07, 6.45) is 61.8. The van der Waals surface area contributed by atoms with E-state index in [1.807, 2.05) is 6.08 Å². The molecule has 1 aliphatic heterocycles. The Hall–Kier alpha value is -2.89. The van der Waals surface area contributed by atoms with Gasteiger partial charge in [-0.15, -0.1) is 0 Å². The average Bonchev–Trinajstić information content (AvgIpc) is 3.34. The second-order valence-corrected chi connectivity index (χ2v) is 18.6. The van der Waals surface area contributed by atoms with E-state index in [0.29, 0.717) is 6.42 Å². The zero-order chi connectivity index (χ0) is 49.4. The van der Waals surface area contributed by atoms with Crippen molar-refractivity contribution in [3.63, 3.8) is 0 Å². The van der Waals surface area contributed by atoms with Crippen molar-refractivity contribution in [1.29, 1.82) is 0 Å². The van der Waals surface area contributed by atoms with Crippen LogP contribution in [0.15, 0.2) is 97.2 Å². The number of allylic oxidation sites excluding steroid dienone is 15. The lowest BCUT2D eigenvalue weighted by atomic mass is 9.99. The van der Waals surface area contributed by atoms with E-state index in [0.717, 1.165) is 70.6 Å². The van der Waals surface area contributed by atoms with Gasteiger partial charge in [-0.3, -0.25) is 4.79 Å². The molecule has 1 rings (SSSR count). The van der Waals surface area contributed by atoms with Crippen LogP contribution < -0.4 is 5.32 Å². The minimum atomic E-state index is -1.58. The first kappa shape index (κ1) is 63.1. The van der Waals surface area contributed by atoms with E-state index >= 15 is 0 Å². The highest BCUT2D eigenvalue weighted by molar-refractivity contribution is 5.76. The number of hydrogen-bond donors (Lipinski definition) is 6. The summed E-state index contributed by atoms with van der Waals surface area (Å²) in [5.74, 6) is -0.237. The Morgan fingerprint density at radius 3 is 1.34 bits per heavy atom. The van der Waals surface area contributed by atoms with E-state index in [1.54, 1.807) is 6.08 Å². The molecular weight excluding hydrogens is 851 g/mol. The molecule has 0 aliphatic carbocycles. The normalized spacial score (nSPS) is 20.4. The van der Waals surface area contributed by atoms with Gasteiger partial charge >= 0.3 is 0 Å². The number of amides is 1. The summed E-state index contributed by atoms with van der Waals surface area (Å²) < 4.78 is 11.2. The van der Waals surface area contributed by atoms with Gasteiger partial charge in [0, 0.05) is 6.42 Å². The summed E-state index contributed by atoms with van der Waals surface area (Å²) >= 11 is 0. The lowest BCUT2D eigenvalue weighted by Crippen LogP contribution is -2.60. The molecule has 7 atom stereocenters. The number of aliphatic hydroxyl groups excluding tert-OH is 5. The number of aliphatic hydroxyl groups is 5. The van der Waals surface area contributed by atoms with E-state index in [9.17, 15) is 30.3 Å². The number of carbonyl (C=O) groups is 1.